The van der Waals surface area contributed by atoms with Crippen molar-refractivity contribution in [2.24, 2.45) is 11.3 Å². The highest BCUT2D eigenvalue weighted by atomic mass is 14.9. The zero-order valence-electron chi connectivity index (χ0n) is 13.1. The molecule has 22 heavy (non-hydrogen) atoms. The van der Waals surface area contributed by atoms with Crippen molar-refractivity contribution in [3.05, 3.63) is 83.9 Å². The summed E-state index contributed by atoms with van der Waals surface area (Å²) in [6.07, 6.45) is 8.87. The van der Waals surface area contributed by atoms with Gasteiger partial charge in [-0.3, -0.25) is 0 Å². The van der Waals surface area contributed by atoms with Crippen LogP contribution in [-0.2, 0) is 10.8 Å². The lowest BCUT2D eigenvalue weighted by atomic mass is 9.68. The average Bonchev–Trinajstić information content (AvgIpc) is 2.92. The fourth-order valence-electron chi connectivity index (χ4n) is 6.60. The van der Waals surface area contributed by atoms with Crippen LogP contribution in [0.2, 0.25) is 0 Å². The minimum Gasteiger partial charge on any atom is -0.0873 e. The van der Waals surface area contributed by atoms with Gasteiger partial charge in [0.2, 0.25) is 0 Å². The summed E-state index contributed by atoms with van der Waals surface area (Å²) < 4.78 is 0. The van der Waals surface area contributed by atoms with E-state index in [1.807, 2.05) is 0 Å². The fourth-order valence-corrected chi connectivity index (χ4v) is 6.60. The van der Waals surface area contributed by atoms with E-state index in [0.29, 0.717) is 22.2 Å². The van der Waals surface area contributed by atoms with Gasteiger partial charge in [0.15, 0.2) is 0 Å². The summed E-state index contributed by atoms with van der Waals surface area (Å²) in [4.78, 5) is 0. The van der Waals surface area contributed by atoms with Crippen LogP contribution < -0.4 is 0 Å². The van der Waals surface area contributed by atoms with Gasteiger partial charge in [0.05, 0.1) is 0 Å². The van der Waals surface area contributed by atoms with Gasteiger partial charge in [-0.1, -0.05) is 79.7 Å². The molecule has 0 aromatic heterocycles. The normalized spacial score (nSPS) is 41.2. The Bertz CT molecular complexity index is 744. The van der Waals surface area contributed by atoms with Gasteiger partial charge in [0, 0.05) is 10.8 Å². The van der Waals surface area contributed by atoms with Crippen LogP contribution in [-0.4, -0.2) is 0 Å². The minimum atomic E-state index is 0.306. The van der Waals surface area contributed by atoms with E-state index < -0.39 is 0 Å². The zero-order valence-corrected chi connectivity index (χ0v) is 13.1. The summed E-state index contributed by atoms with van der Waals surface area (Å²) in [5, 5.41) is 0. The number of allylic oxidation sites excluding steroid dienone is 2. The van der Waals surface area contributed by atoms with E-state index in [1.54, 1.807) is 11.1 Å². The molecule has 0 spiro atoms. The van der Waals surface area contributed by atoms with Crippen LogP contribution in [0, 0.1) is 11.3 Å². The molecule has 3 aliphatic rings. The molecule has 2 aromatic rings. The fraction of sp³-hybridized carbons (Fsp3) is 0.364. The van der Waals surface area contributed by atoms with Crippen LogP contribution in [0.15, 0.2) is 72.8 Å². The first-order valence-electron chi connectivity index (χ1n) is 8.55. The minimum absolute atomic E-state index is 0.306. The maximum absolute atomic E-state index is 2.56. The molecule has 0 saturated heterocycles. The van der Waals surface area contributed by atoms with E-state index in [0.717, 1.165) is 0 Å². The number of rotatable bonds is 2. The monoisotopic (exact) mass is 286 g/mol. The molecule has 4 unspecified atom stereocenters. The average molecular weight is 286 g/mol. The molecule has 2 saturated carbocycles. The van der Waals surface area contributed by atoms with E-state index in [9.17, 15) is 0 Å². The summed E-state index contributed by atoms with van der Waals surface area (Å²) in [5.41, 5.74) is 4.14. The van der Waals surface area contributed by atoms with Gasteiger partial charge < -0.3 is 0 Å². The highest BCUT2D eigenvalue weighted by molar-refractivity contribution is 5.62. The van der Waals surface area contributed by atoms with Crippen molar-refractivity contribution in [2.75, 3.05) is 0 Å². The second-order valence-electron chi connectivity index (χ2n) is 7.55. The van der Waals surface area contributed by atoms with Crippen molar-refractivity contribution < 1.29 is 0 Å². The predicted octanol–water partition coefficient (Wildman–Crippen LogP) is 5.25. The third-order valence-electron chi connectivity index (χ3n) is 7.22. The van der Waals surface area contributed by atoms with Crippen molar-refractivity contribution in [1.29, 1.82) is 0 Å². The molecule has 0 heterocycles. The Balaban J connectivity index is 1.81. The van der Waals surface area contributed by atoms with Crippen LogP contribution in [0.1, 0.15) is 37.3 Å². The molecular formula is C22H22. The van der Waals surface area contributed by atoms with Crippen molar-refractivity contribution in [2.45, 2.75) is 37.0 Å². The first-order valence-corrected chi connectivity index (χ1v) is 8.55. The Morgan fingerprint density at radius 2 is 1.50 bits per heavy atom. The predicted molar refractivity (Wildman–Crippen MR) is 90.8 cm³/mol. The molecule has 3 aliphatic carbocycles. The van der Waals surface area contributed by atoms with Gasteiger partial charge in [-0.15, -0.1) is 0 Å². The molecule has 0 N–H and O–H groups in total. The molecule has 2 fully saturated rings. The van der Waals surface area contributed by atoms with Gasteiger partial charge in [0.25, 0.3) is 0 Å². The maximum atomic E-state index is 2.56. The Kier molecular flexibility index (Phi) is 2.27. The molecular weight excluding hydrogens is 264 g/mol. The van der Waals surface area contributed by atoms with E-state index in [4.69, 9.17) is 0 Å². The summed E-state index contributed by atoms with van der Waals surface area (Å²) in [7, 11) is 0. The Hall–Kier alpha value is -1.82. The van der Waals surface area contributed by atoms with Crippen LogP contribution in [0.4, 0.5) is 0 Å². The molecule has 0 radical (unpaired) electrons. The standard InChI is InChI=1S/C22H22/c1-20-16-14-19-13-8-15-21(20,17-9-4-2-5-10-17)22(19,20)18-11-6-3-7-12-18/h2-13,19H,14-16H2,1H3. The molecule has 0 aliphatic heterocycles. The van der Waals surface area contributed by atoms with Crippen molar-refractivity contribution in [3.63, 3.8) is 0 Å². The highest BCUT2D eigenvalue weighted by Gasteiger charge is 2.88. The summed E-state index contributed by atoms with van der Waals surface area (Å²) >= 11 is 0. The number of fused-ring (bicyclic) bond motifs is 1. The Labute approximate surface area is 132 Å². The van der Waals surface area contributed by atoms with E-state index in [1.165, 1.54) is 19.3 Å². The second-order valence-corrected chi connectivity index (χ2v) is 7.55. The van der Waals surface area contributed by atoms with Gasteiger partial charge in [-0.05, 0) is 41.7 Å². The lowest BCUT2D eigenvalue weighted by molar-refractivity contribution is 0.377. The molecule has 0 bridgehead atoms. The van der Waals surface area contributed by atoms with Crippen LogP contribution in [0.25, 0.3) is 0 Å². The lowest BCUT2D eigenvalue weighted by Gasteiger charge is -2.35. The summed E-state index contributed by atoms with van der Waals surface area (Å²) in [6, 6.07) is 22.6. The van der Waals surface area contributed by atoms with Crippen LogP contribution in [0.5, 0.6) is 0 Å². The van der Waals surface area contributed by atoms with Crippen molar-refractivity contribution in [1.82, 2.24) is 0 Å². The van der Waals surface area contributed by atoms with Gasteiger partial charge in [-0.25, -0.2) is 0 Å². The van der Waals surface area contributed by atoms with Crippen molar-refractivity contribution >= 4 is 0 Å². The molecule has 2 aromatic carbocycles. The topological polar surface area (TPSA) is 0 Å². The number of benzene rings is 2. The Morgan fingerprint density at radius 1 is 0.864 bits per heavy atom. The zero-order chi connectivity index (χ0) is 14.8. The first kappa shape index (κ1) is 12.7. The van der Waals surface area contributed by atoms with Gasteiger partial charge in [0.1, 0.15) is 0 Å². The molecule has 0 nitrogen and oxygen atoms in total. The SMILES string of the molecule is CC12CCC3C=CCC1(c1ccccc1)C32c1ccccc1. The van der Waals surface area contributed by atoms with Gasteiger partial charge in [-0.2, -0.15) is 0 Å². The quantitative estimate of drug-likeness (QED) is 0.661. The smallest absolute Gasteiger partial charge is 0.0184 e. The first-order chi connectivity index (χ1) is 10.8. The van der Waals surface area contributed by atoms with E-state index >= 15 is 0 Å². The van der Waals surface area contributed by atoms with Crippen LogP contribution >= 0.6 is 0 Å². The summed E-state index contributed by atoms with van der Waals surface area (Å²) in [5.74, 6) is 0.703. The number of hydrogen-bond donors (Lipinski definition) is 0. The van der Waals surface area contributed by atoms with Crippen LogP contribution in [0.3, 0.4) is 0 Å². The molecule has 5 rings (SSSR count). The lowest BCUT2D eigenvalue weighted by Crippen LogP contribution is -2.31. The largest absolute Gasteiger partial charge is 0.0873 e. The van der Waals surface area contributed by atoms with E-state index in [-0.39, 0.29) is 0 Å². The molecule has 4 atom stereocenters. The second kappa shape index (κ2) is 3.93. The van der Waals surface area contributed by atoms with Crippen molar-refractivity contribution in [3.8, 4) is 0 Å². The van der Waals surface area contributed by atoms with Gasteiger partial charge >= 0.3 is 0 Å². The number of hydrogen-bond acceptors (Lipinski definition) is 0. The third-order valence-corrected chi connectivity index (χ3v) is 7.22. The third kappa shape index (κ3) is 1.09. The Morgan fingerprint density at radius 3 is 2.18 bits per heavy atom. The molecule has 110 valence electrons. The van der Waals surface area contributed by atoms with E-state index in [2.05, 4.69) is 79.7 Å². The molecule has 0 amide bonds. The maximum Gasteiger partial charge on any atom is 0.0184 e. The summed E-state index contributed by atoms with van der Waals surface area (Å²) in [6.45, 7) is 2.56. The molecule has 0 heteroatoms. The highest BCUT2D eigenvalue weighted by Crippen LogP contribution is 2.89.